The summed E-state index contributed by atoms with van der Waals surface area (Å²) in [6.45, 7) is 10.5. The summed E-state index contributed by atoms with van der Waals surface area (Å²) in [6.07, 6.45) is 4.64. The van der Waals surface area contributed by atoms with E-state index in [1.165, 1.54) is 0 Å². The van der Waals surface area contributed by atoms with Gasteiger partial charge in [-0.1, -0.05) is 43.3 Å². The Labute approximate surface area is 203 Å². The molecule has 34 heavy (non-hydrogen) atoms. The van der Waals surface area contributed by atoms with Crippen LogP contribution in [0.1, 0.15) is 77.5 Å². The highest BCUT2D eigenvalue weighted by atomic mass is 16.6. The summed E-state index contributed by atoms with van der Waals surface area (Å²) < 4.78 is 11.2. The molecule has 1 saturated heterocycles. The number of amides is 2. The van der Waals surface area contributed by atoms with Gasteiger partial charge in [0.1, 0.15) is 18.0 Å². The number of aromatic nitrogens is 1. The number of piperidine rings is 1. The number of ether oxygens (including phenoxy) is 2. The predicted octanol–water partition coefficient (Wildman–Crippen LogP) is 6.49. The van der Waals surface area contributed by atoms with Crippen LogP contribution in [0.15, 0.2) is 48.7 Å². The van der Waals surface area contributed by atoms with E-state index in [0.717, 1.165) is 36.8 Å². The summed E-state index contributed by atoms with van der Waals surface area (Å²) in [6, 6.07) is 13.3. The maximum atomic E-state index is 12.9. The summed E-state index contributed by atoms with van der Waals surface area (Å²) in [4.78, 5) is 33.8. The molecule has 2 heterocycles. The molecule has 0 N–H and O–H groups in total. The number of carbonyl (C=O) groups is 2. The van der Waals surface area contributed by atoms with Crippen molar-refractivity contribution in [3.8, 4) is 0 Å². The minimum atomic E-state index is -0.592. The quantitative estimate of drug-likeness (QED) is 0.486. The van der Waals surface area contributed by atoms with Gasteiger partial charge in [0, 0.05) is 18.8 Å². The van der Waals surface area contributed by atoms with Crippen LogP contribution in [0, 0.1) is 0 Å². The zero-order valence-electron chi connectivity index (χ0n) is 21.0. The van der Waals surface area contributed by atoms with Crippen molar-refractivity contribution in [1.29, 1.82) is 0 Å². The fourth-order valence-corrected chi connectivity index (χ4v) is 4.03. The van der Waals surface area contributed by atoms with Crippen LogP contribution >= 0.6 is 0 Å². The first-order valence-electron chi connectivity index (χ1n) is 12.1. The largest absolute Gasteiger partial charge is 0.445 e. The molecule has 0 spiro atoms. The minimum Gasteiger partial charge on any atom is -0.445 e. The van der Waals surface area contributed by atoms with Crippen LogP contribution in [-0.4, -0.2) is 40.3 Å². The van der Waals surface area contributed by atoms with Gasteiger partial charge in [-0.2, -0.15) is 0 Å². The van der Waals surface area contributed by atoms with Crippen molar-refractivity contribution in [2.75, 3.05) is 11.4 Å². The Hall–Kier alpha value is -3.09. The zero-order valence-corrected chi connectivity index (χ0v) is 21.0. The van der Waals surface area contributed by atoms with Crippen LogP contribution in [0.3, 0.4) is 0 Å². The van der Waals surface area contributed by atoms with E-state index < -0.39 is 11.7 Å². The number of rotatable bonds is 6. The average Bonchev–Trinajstić information content (AvgIpc) is 2.82. The molecule has 2 aromatic rings. The molecule has 2 amide bonds. The van der Waals surface area contributed by atoms with Crippen LogP contribution in [0.2, 0.25) is 0 Å². The van der Waals surface area contributed by atoms with Gasteiger partial charge in [-0.3, -0.25) is 4.90 Å². The number of hydrogen-bond donors (Lipinski definition) is 0. The van der Waals surface area contributed by atoms with Gasteiger partial charge in [0.2, 0.25) is 0 Å². The summed E-state index contributed by atoms with van der Waals surface area (Å²) in [7, 11) is 0. The molecule has 1 aromatic heterocycles. The molecule has 0 aliphatic carbocycles. The lowest BCUT2D eigenvalue weighted by atomic mass is 9.97. The lowest BCUT2D eigenvalue weighted by Crippen LogP contribution is -2.42. The molecule has 3 rings (SSSR count). The van der Waals surface area contributed by atoms with E-state index in [1.807, 2.05) is 77.1 Å². The van der Waals surface area contributed by atoms with Gasteiger partial charge in [0.05, 0.1) is 6.04 Å². The Morgan fingerprint density at radius 2 is 1.88 bits per heavy atom. The standard InChI is InChI=1S/C27H37N3O4/c1-6-20(2)30(26(32)34-27(3,4)5)24-16-15-22(18-28-24)23-14-10-11-17-29(23)25(31)33-19-21-12-8-7-9-13-21/h7-9,12-13,15-16,18,20,23H,6,10-11,14,17,19H2,1-5H3/t20-,23-/m0/s1. The van der Waals surface area contributed by atoms with Crippen LogP contribution in [0.4, 0.5) is 15.4 Å². The summed E-state index contributed by atoms with van der Waals surface area (Å²) in [5.41, 5.74) is 1.31. The Morgan fingerprint density at radius 1 is 1.15 bits per heavy atom. The third kappa shape index (κ3) is 6.72. The first-order chi connectivity index (χ1) is 16.2. The van der Waals surface area contributed by atoms with Crippen molar-refractivity contribution >= 4 is 18.0 Å². The normalized spacial score (nSPS) is 17.1. The summed E-state index contributed by atoms with van der Waals surface area (Å²) >= 11 is 0. The molecule has 0 radical (unpaired) electrons. The second-order valence-electron chi connectivity index (χ2n) is 9.80. The number of pyridine rings is 1. The first kappa shape index (κ1) is 25.5. The van der Waals surface area contributed by atoms with Crippen molar-refractivity contribution in [3.63, 3.8) is 0 Å². The molecule has 1 fully saturated rings. The van der Waals surface area contributed by atoms with Crippen molar-refractivity contribution in [2.45, 2.75) is 84.6 Å². The fourth-order valence-electron chi connectivity index (χ4n) is 4.03. The maximum Gasteiger partial charge on any atom is 0.416 e. The van der Waals surface area contributed by atoms with E-state index in [1.54, 1.807) is 16.0 Å². The first-order valence-corrected chi connectivity index (χ1v) is 12.1. The lowest BCUT2D eigenvalue weighted by molar-refractivity contribution is 0.0565. The van der Waals surface area contributed by atoms with Gasteiger partial charge in [0.15, 0.2) is 0 Å². The third-order valence-electron chi connectivity index (χ3n) is 5.97. The van der Waals surface area contributed by atoms with Crippen molar-refractivity contribution in [1.82, 2.24) is 9.88 Å². The van der Waals surface area contributed by atoms with E-state index in [0.29, 0.717) is 12.4 Å². The highest BCUT2D eigenvalue weighted by molar-refractivity contribution is 5.87. The van der Waals surface area contributed by atoms with Gasteiger partial charge >= 0.3 is 12.2 Å². The highest BCUT2D eigenvalue weighted by Gasteiger charge is 2.31. The monoisotopic (exact) mass is 467 g/mol. The van der Waals surface area contributed by atoms with Gasteiger partial charge in [-0.25, -0.2) is 14.6 Å². The Kier molecular flexibility index (Phi) is 8.53. The Morgan fingerprint density at radius 3 is 2.50 bits per heavy atom. The topological polar surface area (TPSA) is 72.0 Å². The number of anilines is 1. The number of hydrogen-bond acceptors (Lipinski definition) is 5. The summed E-state index contributed by atoms with van der Waals surface area (Å²) in [5.74, 6) is 0.543. The lowest BCUT2D eigenvalue weighted by Gasteiger charge is -2.35. The Bertz CT molecular complexity index is 941. The highest BCUT2D eigenvalue weighted by Crippen LogP contribution is 2.32. The van der Waals surface area contributed by atoms with Gasteiger partial charge in [-0.15, -0.1) is 0 Å². The molecule has 1 aromatic carbocycles. The molecular formula is C27H37N3O4. The predicted molar refractivity (Wildman–Crippen MR) is 133 cm³/mol. The van der Waals surface area contributed by atoms with E-state index in [4.69, 9.17) is 9.47 Å². The molecule has 184 valence electrons. The van der Waals surface area contributed by atoms with E-state index >= 15 is 0 Å². The van der Waals surface area contributed by atoms with Crippen LogP contribution < -0.4 is 4.90 Å². The van der Waals surface area contributed by atoms with Crippen LogP contribution in [0.25, 0.3) is 0 Å². The van der Waals surface area contributed by atoms with Crippen LogP contribution in [0.5, 0.6) is 0 Å². The number of likely N-dealkylation sites (tertiary alicyclic amines) is 1. The molecule has 7 heteroatoms. The smallest absolute Gasteiger partial charge is 0.416 e. The molecule has 0 bridgehead atoms. The van der Waals surface area contributed by atoms with E-state index in [9.17, 15) is 9.59 Å². The maximum absolute atomic E-state index is 12.9. The number of nitrogens with zero attached hydrogens (tertiary/aromatic N) is 3. The SMILES string of the molecule is CC[C@H](C)N(C(=O)OC(C)(C)C)c1ccc([C@@H]2CCCCN2C(=O)OCc2ccccc2)cn1. The van der Waals surface area contributed by atoms with Gasteiger partial charge in [-0.05, 0) is 70.6 Å². The van der Waals surface area contributed by atoms with Crippen molar-refractivity contribution in [2.24, 2.45) is 0 Å². The van der Waals surface area contributed by atoms with Gasteiger partial charge in [0.25, 0.3) is 0 Å². The molecule has 2 atom stereocenters. The number of benzene rings is 1. The molecule has 1 aliphatic rings. The molecule has 1 aliphatic heterocycles. The van der Waals surface area contributed by atoms with E-state index in [-0.39, 0.29) is 24.8 Å². The third-order valence-corrected chi connectivity index (χ3v) is 5.97. The summed E-state index contributed by atoms with van der Waals surface area (Å²) in [5, 5.41) is 0. The van der Waals surface area contributed by atoms with Crippen molar-refractivity contribution < 1.29 is 19.1 Å². The second-order valence-corrected chi connectivity index (χ2v) is 9.80. The molecule has 0 saturated carbocycles. The van der Waals surface area contributed by atoms with E-state index in [2.05, 4.69) is 4.98 Å². The van der Waals surface area contributed by atoms with Gasteiger partial charge < -0.3 is 14.4 Å². The molecule has 0 unspecified atom stereocenters. The number of carbonyl (C=O) groups excluding carboxylic acids is 2. The fraction of sp³-hybridized carbons (Fsp3) is 0.519. The van der Waals surface area contributed by atoms with Crippen LogP contribution in [-0.2, 0) is 16.1 Å². The molecular weight excluding hydrogens is 430 g/mol. The average molecular weight is 468 g/mol. The van der Waals surface area contributed by atoms with Crippen molar-refractivity contribution in [3.05, 3.63) is 59.8 Å². The minimum absolute atomic E-state index is 0.0626. The molecule has 7 nitrogen and oxygen atoms in total. The second kappa shape index (κ2) is 11.4. The zero-order chi connectivity index (χ0) is 24.7. The Balaban J connectivity index is 1.74.